The fraction of sp³-hybridized carbons (Fsp3) is 0.212. The van der Waals surface area contributed by atoms with E-state index in [1.807, 2.05) is 66.9 Å². The molecule has 1 aromatic heterocycles. The number of esters is 1. The van der Waals surface area contributed by atoms with E-state index < -0.39 is 12.0 Å². The van der Waals surface area contributed by atoms with Gasteiger partial charge in [0.2, 0.25) is 0 Å². The molecule has 0 spiro atoms. The van der Waals surface area contributed by atoms with Crippen LogP contribution in [-0.2, 0) is 16.1 Å². The molecular weight excluding hydrogens is 646 g/mol. The quantitative estimate of drug-likeness (QED) is 0.165. The summed E-state index contributed by atoms with van der Waals surface area (Å²) in [5.74, 6) is 0.172. The summed E-state index contributed by atoms with van der Waals surface area (Å²) in [5.41, 5.74) is 3.81. The van der Waals surface area contributed by atoms with Crippen LogP contribution in [0.5, 0.6) is 5.75 Å². The van der Waals surface area contributed by atoms with Crippen LogP contribution >= 0.6 is 39.0 Å². The number of allylic oxidation sites excluding steroid dienone is 1. The normalized spacial score (nSPS) is 14.7. The maximum absolute atomic E-state index is 13.9. The SMILES string of the molecule is CSc1ccc([C@H]2C(C(=O)OC(C)C)=C(C)N=c3s/c(=C\c4ccc(OCc5ccc(C#N)cc5)c(Br)c4)c(=O)n32)cc1. The number of hydrogen-bond acceptors (Lipinski definition) is 8. The predicted octanol–water partition coefficient (Wildman–Crippen LogP) is 6.12. The number of carbonyl (C=O) groups is 1. The van der Waals surface area contributed by atoms with E-state index in [0.717, 1.165) is 26.1 Å². The number of hydrogen-bond donors (Lipinski definition) is 0. The van der Waals surface area contributed by atoms with E-state index in [0.29, 0.717) is 38.5 Å². The second-order valence-corrected chi connectivity index (χ2v) is 12.8. The first kappa shape index (κ1) is 30.5. The van der Waals surface area contributed by atoms with Crippen LogP contribution in [-0.4, -0.2) is 22.9 Å². The minimum absolute atomic E-state index is 0.234. The Morgan fingerprint density at radius 2 is 1.88 bits per heavy atom. The molecule has 1 atom stereocenters. The zero-order chi connectivity index (χ0) is 30.7. The molecule has 10 heteroatoms. The summed E-state index contributed by atoms with van der Waals surface area (Å²) in [4.78, 5) is 33.5. The van der Waals surface area contributed by atoms with Gasteiger partial charge in [0.05, 0.1) is 44.1 Å². The van der Waals surface area contributed by atoms with Crippen LogP contribution in [0.25, 0.3) is 6.08 Å². The Morgan fingerprint density at radius 3 is 2.51 bits per heavy atom. The average molecular weight is 675 g/mol. The Hall–Kier alpha value is -3.91. The van der Waals surface area contributed by atoms with Crippen molar-refractivity contribution in [3.8, 4) is 11.8 Å². The van der Waals surface area contributed by atoms with Crippen LogP contribution in [0.1, 0.15) is 49.1 Å². The van der Waals surface area contributed by atoms with Crippen LogP contribution in [0.3, 0.4) is 0 Å². The molecule has 0 fully saturated rings. The van der Waals surface area contributed by atoms with E-state index in [2.05, 4.69) is 27.0 Å². The lowest BCUT2D eigenvalue weighted by molar-refractivity contribution is -0.143. The number of thioether (sulfide) groups is 1. The summed E-state index contributed by atoms with van der Waals surface area (Å²) < 4.78 is 14.4. The largest absolute Gasteiger partial charge is 0.488 e. The van der Waals surface area contributed by atoms with Gasteiger partial charge >= 0.3 is 5.97 Å². The summed E-state index contributed by atoms with van der Waals surface area (Å²) >= 11 is 6.49. The first-order chi connectivity index (χ1) is 20.7. The van der Waals surface area contributed by atoms with E-state index in [9.17, 15) is 9.59 Å². The number of fused-ring (bicyclic) bond motifs is 1. The van der Waals surface area contributed by atoms with Crippen molar-refractivity contribution in [2.45, 2.75) is 44.4 Å². The van der Waals surface area contributed by atoms with Crippen molar-refractivity contribution in [2.75, 3.05) is 6.26 Å². The van der Waals surface area contributed by atoms with E-state index in [1.165, 1.54) is 11.3 Å². The van der Waals surface area contributed by atoms with Crippen LogP contribution in [0.2, 0.25) is 0 Å². The second kappa shape index (κ2) is 13.2. The molecule has 43 heavy (non-hydrogen) atoms. The molecule has 3 aromatic carbocycles. The van der Waals surface area contributed by atoms with E-state index in [4.69, 9.17) is 14.7 Å². The topological polar surface area (TPSA) is 93.7 Å². The first-order valence-electron chi connectivity index (χ1n) is 13.5. The summed E-state index contributed by atoms with van der Waals surface area (Å²) in [6, 6.07) is 22.2. The van der Waals surface area contributed by atoms with Crippen molar-refractivity contribution in [3.05, 3.63) is 124 Å². The Morgan fingerprint density at radius 1 is 1.16 bits per heavy atom. The maximum atomic E-state index is 13.9. The summed E-state index contributed by atoms with van der Waals surface area (Å²) in [6.07, 6.45) is 3.50. The van der Waals surface area contributed by atoms with Crippen LogP contribution in [0.15, 0.2) is 97.2 Å². The third-order valence-corrected chi connectivity index (χ3v) is 9.09. The van der Waals surface area contributed by atoms with Gasteiger partial charge in [-0.05, 0) is 102 Å². The third-order valence-electron chi connectivity index (χ3n) is 6.75. The Bertz CT molecular complexity index is 1940. The molecule has 4 aromatic rings. The van der Waals surface area contributed by atoms with Gasteiger partial charge in [-0.1, -0.05) is 41.7 Å². The number of aromatic nitrogens is 1. The number of carbonyl (C=O) groups excluding carboxylic acids is 1. The zero-order valence-electron chi connectivity index (χ0n) is 24.0. The Labute approximate surface area is 265 Å². The number of ether oxygens (including phenoxy) is 2. The fourth-order valence-electron chi connectivity index (χ4n) is 4.67. The number of nitriles is 1. The monoisotopic (exact) mass is 673 g/mol. The average Bonchev–Trinajstić information content (AvgIpc) is 3.29. The number of thiazole rings is 1. The van der Waals surface area contributed by atoms with Crippen molar-refractivity contribution in [1.29, 1.82) is 5.26 Å². The number of nitrogens with zero attached hydrogens (tertiary/aromatic N) is 3. The maximum Gasteiger partial charge on any atom is 0.338 e. The van der Waals surface area contributed by atoms with Crippen LogP contribution in [0, 0.1) is 11.3 Å². The van der Waals surface area contributed by atoms with Crippen molar-refractivity contribution in [2.24, 2.45) is 4.99 Å². The van der Waals surface area contributed by atoms with Crippen LogP contribution < -0.4 is 19.6 Å². The molecule has 1 aliphatic rings. The smallest absolute Gasteiger partial charge is 0.338 e. The van der Waals surface area contributed by atoms with Crippen molar-refractivity contribution in [3.63, 3.8) is 0 Å². The van der Waals surface area contributed by atoms with Gasteiger partial charge in [-0.25, -0.2) is 9.79 Å². The summed E-state index contributed by atoms with van der Waals surface area (Å²) in [6.45, 7) is 5.73. The predicted molar refractivity (Wildman–Crippen MR) is 173 cm³/mol. The molecule has 5 rings (SSSR count). The molecule has 0 saturated carbocycles. The van der Waals surface area contributed by atoms with E-state index >= 15 is 0 Å². The lowest BCUT2D eigenvalue weighted by atomic mass is 9.96. The van der Waals surface area contributed by atoms with Crippen molar-refractivity contribution >= 4 is 51.1 Å². The van der Waals surface area contributed by atoms with Gasteiger partial charge in [-0.2, -0.15) is 5.26 Å². The molecule has 2 heterocycles. The summed E-state index contributed by atoms with van der Waals surface area (Å²) in [5, 5.41) is 8.99. The highest BCUT2D eigenvalue weighted by atomic mass is 79.9. The zero-order valence-corrected chi connectivity index (χ0v) is 27.2. The van der Waals surface area contributed by atoms with Gasteiger partial charge in [-0.3, -0.25) is 9.36 Å². The molecular formula is C33H28BrN3O4S2. The van der Waals surface area contributed by atoms with Gasteiger partial charge < -0.3 is 9.47 Å². The number of benzene rings is 3. The first-order valence-corrected chi connectivity index (χ1v) is 16.3. The van der Waals surface area contributed by atoms with Crippen molar-refractivity contribution < 1.29 is 14.3 Å². The van der Waals surface area contributed by atoms with Gasteiger partial charge in [0.15, 0.2) is 4.80 Å². The highest BCUT2D eigenvalue weighted by molar-refractivity contribution is 9.10. The molecule has 7 nitrogen and oxygen atoms in total. The van der Waals surface area contributed by atoms with E-state index in [1.54, 1.807) is 49.2 Å². The lowest BCUT2D eigenvalue weighted by Gasteiger charge is -2.25. The van der Waals surface area contributed by atoms with Crippen molar-refractivity contribution in [1.82, 2.24) is 4.57 Å². The highest BCUT2D eigenvalue weighted by Gasteiger charge is 2.33. The molecule has 0 saturated heterocycles. The molecule has 0 N–H and O–H groups in total. The minimum Gasteiger partial charge on any atom is -0.488 e. The third kappa shape index (κ3) is 6.69. The Kier molecular flexibility index (Phi) is 9.35. The fourth-order valence-corrected chi connectivity index (χ4v) is 6.64. The molecule has 0 aliphatic carbocycles. The molecule has 0 radical (unpaired) electrons. The van der Waals surface area contributed by atoms with Crippen LogP contribution in [0.4, 0.5) is 0 Å². The Balaban J connectivity index is 1.50. The molecule has 0 amide bonds. The molecule has 0 bridgehead atoms. The number of rotatable bonds is 8. The molecule has 1 aliphatic heterocycles. The van der Waals surface area contributed by atoms with Gasteiger partial charge in [0, 0.05) is 4.90 Å². The summed E-state index contributed by atoms with van der Waals surface area (Å²) in [7, 11) is 0. The number of halogens is 1. The lowest BCUT2D eigenvalue weighted by Crippen LogP contribution is -2.40. The standard InChI is InChI=1S/C33H28BrN3O4S2/c1-19(2)41-32(39)29-20(3)36-33-37(30(29)24-10-12-25(42-4)13-11-24)31(38)28(43-33)16-23-9-14-27(26(34)15-23)40-18-22-7-5-21(17-35)6-8-22/h5-16,19,30H,18H2,1-4H3/b28-16-/t30-/m0/s1. The van der Waals surface area contributed by atoms with Gasteiger partial charge in [0.25, 0.3) is 5.56 Å². The van der Waals surface area contributed by atoms with Gasteiger partial charge in [-0.15, -0.1) is 11.8 Å². The van der Waals surface area contributed by atoms with Gasteiger partial charge in [0.1, 0.15) is 12.4 Å². The molecule has 0 unspecified atom stereocenters. The minimum atomic E-state index is -0.662. The molecule has 218 valence electrons. The second-order valence-electron chi connectivity index (χ2n) is 10.1. The van der Waals surface area contributed by atoms with E-state index in [-0.39, 0.29) is 11.7 Å². The highest BCUT2D eigenvalue weighted by Crippen LogP contribution is 2.32.